The number of aromatic nitrogens is 1. The number of nitrogens with one attached hydrogen (secondary N) is 1. The summed E-state index contributed by atoms with van der Waals surface area (Å²) in [5.41, 5.74) is 1.02. The van der Waals surface area contributed by atoms with E-state index in [0.717, 1.165) is 29.6 Å². The Hall–Kier alpha value is -1.55. The van der Waals surface area contributed by atoms with Crippen LogP contribution in [-0.2, 0) is 6.54 Å². The summed E-state index contributed by atoms with van der Waals surface area (Å²) >= 11 is 1.65. The van der Waals surface area contributed by atoms with E-state index in [1.165, 1.54) is 0 Å². The Balaban J connectivity index is 1.98. The van der Waals surface area contributed by atoms with E-state index >= 15 is 0 Å². The highest BCUT2D eigenvalue weighted by Crippen LogP contribution is 2.25. The molecule has 0 aliphatic rings. The number of hydrogen-bond acceptors (Lipinski definition) is 4. The molecule has 96 valence electrons. The molecule has 0 radical (unpaired) electrons. The number of hydrogen-bond donors (Lipinski definition) is 1. The van der Waals surface area contributed by atoms with Crippen LogP contribution in [0.25, 0.3) is 0 Å². The Kier molecular flexibility index (Phi) is 4.59. The van der Waals surface area contributed by atoms with Gasteiger partial charge in [-0.1, -0.05) is 26.0 Å². The van der Waals surface area contributed by atoms with Crippen molar-refractivity contribution in [2.45, 2.75) is 20.4 Å². The summed E-state index contributed by atoms with van der Waals surface area (Å²) in [7, 11) is 0. The van der Waals surface area contributed by atoms with Gasteiger partial charge in [-0.15, -0.1) is 11.3 Å². The van der Waals surface area contributed by atoms with Crippen molar-refractivity contribution >= 4 is 17.0 Å². The third-order valence-corrected chi connectivity index (χ3v) is 3.15. The van der Waals surface area contributed by atoms with Gasteiger partial charge < -0.3 is 10.1 Å². The van der Waals surface area contributed by atoms with Crippen LogP contribution >= 0.6 is 11.3 Å². The van der Waals surface area contributed by atoms with Gasteiger partial charge in [0.1, 0.15) is 10.8 Å². The fourth-order valence-corrected chi connectivity index (χ4v) is 2.06. The van der Waals surface area contributed by atoms with Crippen molar-refractivity contribution in [2.24, 2.45) is 5.92 Å². The van der Waals surface area contributed by atoms with Crippen molar-refractivity contribution in [1.29, 1.82) is 0 Å². The molecule has 1 aromatic carbocycles. The van der Waals surface area contributed by atoms with Crippen molar-refractivity contribution in [3.8, 4) is 5.75 Å². The first-order valence-electron chi connectivity index (χ1n) is 6.10. The van der Waals surface area contributed by atoms with Crippen molar-refractivity contribution in [3.05, 3.63) is 40.8 Å². The molecular formula is C14H18N2OS. The van der Waals surface area contributed by atoms with Crippen molar-refractivity contribution in [3.63, 3.8) is 0 Å². The Morgan fingerprint density at radius 3 is 2.89 bits per heavy atom. The lowest BCUT2D eigenvalue weighted by molar-refractivity contribution is 0.272. The molecule has 0 aliphatic heterocycles. The monoisotopic (exact) mass is 262 g/mol. The average Bonchev–Trinajstić information content (AvgIpc) is 2.88. The first-order valence-corrected chi connectivity index (χ1v) is 6.97. The molecule has 18 heavy (non-hydrogen) atoms. The van der Waals surface area contributed by atoms with E-state index in [9.17, 15) is 0 Å². The Labute approximate surface area is 112 Å². The second kappa shape index (κ2) is 6.40. The standard InChI is InChI=1S/C14H18N2OS/c1-11(2)10-17-13-6-4-3-5-12(13)16-9-14-15-7-8-18-14/h3-8,11,16H,9-10H2,1-2H3. The number of ether oxygens (including phenoxy) is 1. The molecule has 0 unspecified atom stereocenters. The molecule has 0 bridgehead atoms. The molecule has 3 nitrogen and oxygen atoms in total. The predicted octanol–water partition coefficient (Wildman–Crippen LogP) is 3.79. The van der Waals surface area contributed by atoms with Crippen LogP contribution in [0.15, 0.2) is 35.8 Å². The van der Waals surface area contributed by atoms with Crippen LogP contribution in [0.1, 0.15) is 18.9 Å². The van der Waals surface area contributed by atoms with Crippen LogP contribution in [0.2, 0.25) is 0 Å². The van der Waals surface area contributed by atoms with Crippen molar-refractivity contribution in [2.75, 3.05) is 11.9 Å². The van der Waals surface area contributed by atoms with Gasteiger partial charge in [-0.25, -0.2) is 4.98 Å². The number of nitrogens with zero attached hydrogens (tertiary/aromatic N) is 1. The smallest absolute Gasteiger partial charge is 0.142 e. The molecule has 1 aromatic heterocycles. The quantitative estimate of drug-likeness (QED) is 0.860. The zero-order valence-corrected chi connectivity index (χ0v) is 11.5. The molecular weight excluding hydrogens is 244 g/mol. The van der Waals surface area contributed by atoms with Crippen LogP contribution in [0.4, 0.5) is 5.69 Å². The van der Waals surface area contributed by atoms with Crippen LogP contribution in [0.5, 0.6) is 5.75 Å². The van der Waals surface area contributed by atoms with Gasteiger partial charge in [0.05, 0.1) is 18.8 Å². The van der Waals surface area contributed by atoms with Gasteiger partial charge in [-0.3, -0.25) is 0 Å². The van der Waals surface area contributed by atoms with Gasteiger partial charge in [0, 0.05) is 11.6 Å². The minimum Gasteiger partial charge on any atom is -0.491 e. The van der Waals surface area contributed by atoms with Gasteiger partial charge in [0.2, 0.25) is 0 Å². The van der Waals surface area contributed by atoms with Gasteiger partial charge >= 0.3 is 0 Å². The molecule has 0 spiro atoms. The zero-order valence-electron chi connectivity index (χ0n) is 10.7. The first kappa shape index (κ1) is 12.9. The van der Waals surface area contributed by atoms with E-state index in [1.54, 1.807) is 11.3 Å². The maximum atomic E-state index is 5.79. The summed E-state index contributed by atoms with van der Waals surface area (Å²) in [4.78, 5) is 4.25. The van der Waals surface area contributed by atoms with E-state index in [1.807, 2.05) is 35.8 Å². The highest BCUT2D eigenvalue weighted by atomic mass is 32.1. The molecule has 2 aromatic rings. The number of benzene rings is 1. The lowest BCUT2D eigenvalue weighted by Crippen LogP contribution is -2.07. The summed E-state index contributed by atoms with van der Waals surface area (Å²) in [5, 5.41) is 6.42. The van der Waals surface area contributed by atoms with Crippen molar-refractivity contribution in [1.82, 2.24) is 4.98 Å². The van der Waals surface area contributed by atoms with E-state index in [4.69, 9.17) is 4.74 Å². The topological polar surface area (TPSA) is 34.1 Å². The Morgan fingerprint density at radius 2 is 2.17 bits per heavy atom. The maximum absolute atomic E-state index is 5.79. The summed E-state index contributed by atoms with van der Waals surface area (Å²) in [6.45, 7) is 5.76. The highest BCUT2D eigenvalue weighted by molar-refractivity contribution is 7.09. The number of thiazole rings is 1. The summed E-state index contributed by atoms with van der Waals surface area (Å²) in [5.74, 6) is 1.43. The van der Waals surface area contributed by atoms with Crippen molar-refractivity contribution < 1.29 is 4.74 Å². The SMILES string of the molecule is CC(C)COc1ccccc1NCc1nccs1. The molecule has 0 saturated carbocycles. The molecule has 0 aliphatic carbocycles. The maximum Gasteiger partial charge on any atom is 0.142 e. The fraction of sp³-hybridized carbons (Fsp3) is 0.357. The molecule has 2 rings (SSSR count). The van der Waals surface area contributed by atoms with Crippen LogP contribution < -0.4 is 10.1 Å². The third kappa shape index (κ3) is 3.74. The minimum absolute atomic E-state index is 0.525. The average molecular weight is 262 g/mol. The van der Waals surface area contributed by atoms with Gasteiger partial charge in [0.25, 0.3) is 0 Å². The summed E-state index contributed by atoms with van der Waals surface area (Å²) in [6, 6.07) is 8.02. The van der Waals surface area contributed by atoms with E-state index in [-0.39, 0.29) is 0 Å². The third-order valence-electron chi connectivity index (χ3n) is 2.37. The summed E-state index contributed by atoms with van der Waals surface area (Å²) < 4.78 is 5.79. The predicted molar refractivity (Wildman–Crippen MR) is 76.2 cm³/mol. The zero-order chi connectivity index (χ0) is 12.8. The Bertz CT molecular complexity index is 468. The minimum atomic E-state index is 0.525. The molecule has 1 heterocycles. The van der Waals surface area contributed by atoms with Crippen LogP contribution in [0.3, 0.4) is 0 Å². The number of rotatable bonds is 6. The molecule has 0 atom stereocenters. The first-order chi connectivity index (χ1) is 8.75. The van der Waals surface area contributed by atoms with E-state index < -0.39 is 0 Å². The lowest BCUT2D eigenvalue weighted by Gasteiger charge is -2.13. The lowest BCUT2D eigenvalue weighted by atomic mass is 10.2. The molecule has 0 fully saturated rings. The molecule has 1 N–H and O–H groups in total. The summed E-state index contributed by atoms with van der Waals surface area (Å²) in [6.07, 6.45) is 1.82. The second-order valence-electron chi connectivity index (χ2n) is 4.48. The largest absolute Gasteiger partial charge is 0.491 e. The van der Waals surface area contributed by atoms with Crippen LogP contribution in [-0.4, -0.2) is 11.6 Å². The normalized spacial score (nSPS) is 10.6. The second-order valence-corrected chi connectivity index (χ2v) is 5.46. The highest BCUT2D eigenvalue weighted by Gasteiger charge is 2.04. The number of para-hydroxylation sites is 2. The van der Waals surface area contributed by atoms with Gasteiger partial charge in [-0.05, 0) is 18.1 Å². The van der Waals surface area contributed by atoms with Crippen LogP contribution in [0, 0.1) is 5.92 Å². The van der Waals surface area contributed by atoms with E-state index in [0.29, 0.717) is 5.92 Å². The molecule has 0 saturated heterocycles. The molecule has 0 amide bonds. The van der Waals surface area contributed by atoms with Gasteiger partial charge in [0.15, 0.2) is 0 Å². The van der Waals surface area contributed by atoms with E-state index in [2.05, 4.69) is 24.1 Å². The molecule has 4 heteroatoms. The van der Waals surface area contributed by atoms with Gasteiger partial charge in [-0.2, -0.15) is 0 Å². The Morgan fingerprint density at radius 1 is 1.33 bits per heavy atom. The fourth-order valence-electron chi connectivity index (χ4n) is 1.51. The number of anilines is 1.